The van der Waals surface area contributed by atoms with E-state index in [1.54, 1.807) is 6.07 Å². The normalized spacial score (nSPS) is 10.3. The third-order valence-corrected chi connectivity index (χ3v) is 3.29. The van der Waals surface area contributed by atoms with Gasteiger partial charge in [-0.15, -0.1) is 0 Å². The molecule has 0 aliphatic rings. The van der Waals surface area contributed by atoms with Crippen molar-refractivity contribution in [1.29, 1.82) is 0 Å². The van der Waals surface area contributed by atoms with Crippen molar-refractivity contribution in [2.75, 3.05) is 0 Å². The van der Waals surface area contributed by atoms with Gasteiger partial charge in [0.25, 0.3) is 0 Å². The number of aryl methyl sites for hydroxylation is 2. The molecule has 0 aliphatic carbocycles. The van der Waals surface area contributed by atoms with Crippen molar-refractivity contribution in [1.82, 2.24) is 9.97 Å². The van der Waals surface area contributed by atoms with E-state index in [0.29, 0.717) is 11.1 Å². The Balaban J connectivity index is 1.98. The van der Waals surface area contributed by atoms with Gasteiger partial charge in [0, 0.05) is 30.8 Å². The fourth-order valence-corrected chi connectivity index (χ4v) is 1.87. The Morgan fingerprint density at radius 2 is 1.50 bits per heavy atom. The second kappa shape index (κ2) is 6.19. The molecule has 1 aromatic heterocycles. The SMILES string of the molecule is Cc1ccc(C(=O)CCC(=O)c2cncnc2)cc1C. The van der Waals surface area contributed by atoms with Gasteiger partial charge in [0.15, 0.2) is 11.6 Å². The van der Waals surface area contributed by atoms with Crippen molar-refractivity contribution in [2.24, 2.45) is 0 Å². The van der Waals surface area contributed by atoms with E-state index in [-0.39, 0.29) is 24.4 Å². The molecule has 0 fully saturated rings. The molecule has 0 bridgehead atoms. The fourth-order valence-electron chi connectivity index (χ4n) is 1.87. The highest BCUT2D eigenvalue weighted by molar-refractivity contribution is 6.01. The highest BCUT2D eigenvalue weighted by Crippen LogP contribution is 2.13. The van der Waals surface area contributed by atoms with Gasteiger partial charge >= 0.3 is 0 Å². The minimum Gasteiger partial charge on any atom is -0.294 e. The van der Waals surface area contributed by atoms with Crippen LogP contribution in [0.5, 0.6) is 0 Å². The van der Waals surface area contributed by atoms with Crippen LogP contribution in [0.25, 0.3) is 0 Å². The Morgan fingerprint density at radius 1 is 0.900 bits per heavy atom. The summed E-state index contributed by atoms with van der Waals surface area (Å²) in [4.78, 5) is 31.5. The van der Waals surface area contributed by atoms with Crippen LogP contribution in [0.1, 0.15) is 44.7 Å². The number of Topliss-reactive ketones (excluding diaryl/α,β-unsaturated/α-hetero) is 2. The number of carbonyl (C=O) groups is 2. The van der Waals surface area contributed by atoms with Crippen molar-refractivity contribution < 1.29 is 9.59 Å². The molecular formula is C16H16N2O2. The van der Waals surface area contributed by atoms with Crippen molar-refractivity contribution >= 4 is 11.6 Å². The maximum absolute atomic E-state index is 12.1. The number of rotatable bonds is 5. The molecule has 0 spiro atoms. The molecule has 0 atom stereocenters. The van der Waals surface area contributed by atoms with Gasteiger partial charge in [-0.05, 0) is 31.0 Å². The predicted octanol–water partition coefficient (Wildman–Crippen LogP) is 2.94. The molecule has 20 heavy (non-hydrogen) atoms. The zero-order valence-electron chi connectivity index (χ0n) is 11.6. The van der Waals surface area contributed by atoms with Gasteiger partial charge in [-0.25, -0.2) is 9.97 Å². The maximum Gasteiger partial charge on any atom is 0.166 e. The summed E-state index contributed by atoms with van der Waals surface area (Å²) in [5.41, 5.74) is 3.34. The second-order valence-corrected chi connectivity index (χ2v) is 4.77. The summed E-state index contributed by atoms with van der Waals surface area (Å²) in [6.45, 7) is 3.97. The van der Waals surface area contributed by atoms with Crippen LogP contribution in [-0.4, -0.2) is 21.5 Å². The first kappa shape index (κ1) is 14.1. The molecule has 0 saturated heterocycles. The first-order valence-electron chi connectivity index (χ1n) is 6.46. The lowest BCUT2D eigenvalue weighted by Crippen LogP contribution is -2.06. The number of ketones is 2. The van der Waals surface area contributed by atoms with Crippen LogP contribution in [0.4, 0.5) is 0 Å². The van der Waals surface area contributed by atoms with Crippen LogP contribution in [-0.2, 0) is 0 Å². The zero-order valence-corrected chi connectivity index (χ0v) is 11.6. The van der Waals surface area contributed by atoms with Gasteiger partial charge < -0.3 is 0 Å². The number of nitrogens with zero attached hydrogens (tertiary/aromatic N) is 2. The molecule has 4 nitrogen and oxygen atoms in total. The zero-order chi connectivity index (χ0) is 14.5. The van der Waals surface area contributed by atoms with Crippen LogP contribution in [0, 0.1) is 13.8 Å². The van der Waals surface area contributed by atoms with Gasteiger partial charge in [-0.2, -0.15) is 0 Å². The molecular weight excluding hydrogens is 252 g/mol. The van der Waals surface area contributed by atoms with E-state index in [1.807, 2.05) is 26.0 Å². The lowest BCUT2D eigenvalue weighted by Gasteiger charge is -2.04. The third-order valence-electron chi connectivity index (χ3n) is 3.29. The second-order valence-electron chi connectivity index (χ2n) is 4.77. The topological polar surface area (TPSA) is 59.9 Å². The number of benzene rings is 1. The van der Waals surface area contributed by atoms with E-state index in [2.05, 4.69) is 9.97 Å². The maximum atomic E-state index is 12.1. The smallest absolute Gasteiger partial charge is 0.166 e. The van der Waals surface area contributed by atoms with Crippen LogP contribution in [0.15, 0.2) is 36.9 Å². The van der Waals surface area contributed by atoms with Crippen molar-refractivity contribution in [3.05, 3.63) is 59.2 Å². The Morgan fingerprint density at radius 3 is 2.10 bits per heavy atom. The minimum atomic E-state index is -0.109. The average Bonchev–Trinajstić information content (AvgIpc) is 2.48. The molecule has 2 aromatic rings. The van der Waals surface area contributed by atoms with E-state index in [0.717, 1.165) is 11.1 Å². The third kappa shape index (κ3) is 3.35. The Kier molecular flexibility index (Phi) is 4.35. The predicted molar refractivity (Wildman–Crippen MR) is 75.8 cm³/mol. The minimum absolute atomic E-state index is 0.0155. The lowest BCUT2D eigenvalue weighted by atomic mass is 9.99. The van der Waals surface area contributed by atoms with Crippen molar-refractivity contribution in [2.45, 2.75) is 26.7 Å². The van der Waals surface area contributed by atoms with Gasteiger partial charge in [0.05, 0.1) is 5.56 Å². The van der Waals surface area contributed by atoms with Gasteiger partial charge in [0.1, 0.15) is 6.33 Å². The number of aromatic nitrogens is 2. The summed E-state index contributed by atoms with van der Waals surface area (Å²) >= 11 is 0. The average molecular weight is 268 g/mol. The Labute approximate surface area is 117 Å². The molecule has 1 aromatic carbocycles. The number of hydrogen-bond donors (Lipinski definition) is 0. The number of hydrogen-bond acceptors (Lipinski definition) is 4. The molecule has 4 heteroatoms. The fraction of sp³-hybridized carbons (Fsp3) is 0.250. The van der Waals surface area contributed by atoms with Crippen LogP contribution in [0.3, 0.4) is 0 Å². The first-order chi connectivity index (χ1) is 9.58. The van der Waals surface area contributed by atoms with Crippen LogP contribution >= 0.6 is 0 Å². The van der Waals surface area contributed by atoms with E-state index in [4.69, 9.17) is 0 Å². The largest absolute Gasteiger partial charge is 0.294 e. The molecule has 0 amide bonds. The van der Waals surface area contributed by atoms with Crippen LogP contribution < -0.4 is 0 Å². The van der Waals surface area contributed by atoms with Gasteiger partial charge in [-0.1, -0.05) is 12.1 Å². The van der Waals surface area contributed by atoms with E-state index in [1.165, 1.54) is 18.7 Å². The lowest BCUT2D eigenvalue weighted by molar-refractivity contribution is 0.0917. The monoisotopic (exact) mass is 268 g/mol. The van der Waals surface area contributed by atoms with E-state index < -0.39 is 0 Å². The standard InChI is InChI=1S/C16H16N2O2/c1-11-3-4-13(7-12(11)2)15(19)5-6-16(20)14-8-17-10-18-9-14/h3-4,7-10H,5-6H2,1-2H3. The quantitative estimate of drug-likeness (QED) is 0.782. The molecule has 0 aliphatic heterocycles. The van der Waals surface area contributed by atoms with Crippen molar-refractivity contribution in [3.8, 4) is 0 Å². The summed E-state index contributed by atoms with van der Waals surface area (Å²) in [6, 6.07) is 5.60. The van der Waals surface area contributed by atoms with E-state index >= 15 is 0 Å². The molecule has 0 N–H and O–H groups in total. The highest BCUT2D eigenvalue weighted by Gasteiger charge is 2.11. The van der Waals surface area contributed by atoms with Crippen LogP contribution in [0.2, 0.25) is 0 Å². The first-order valence-corrected chi connectivity index (χ1v) is 6.46. The van der Waals surface area contributed by atoms with Crippen molar-refractivity contribution in [3.63, 3.8) is 0 Å². The molecule has 2 rings (SSSR count). The molecule has 0 saturated carbocycles. The summed E-state index contributed by atoms with van der Waals surface area (Å²) in [7, 11) is 0. The summed E-state index contributed by atoms with van der Waals surface area (Å²) in [6.07, 6.45) is 4.69. The number of carbonyl (C=O) groups excluding carboxylic acids is 2. The van der Waals surface area contributed by atoms with E-state index in [9.17, 15) is 9.59 Å². The highest BCUT2D eigenvalue weighted by atomic mass is 16.1. The van der Waals surface area contributed by atoms with Gasteiger partial charge in [-0.3, -0.25) is 9.59 Å². The van der Waals surface area contributed by atoms with Gasteiger partial charge in [0.2, 0.25) is 0 Å². The Hall–Kier alpha value is -2.36. The summed E-state index contributed by atoms with van der Waals surface area (Å²) in [5.74, 6) is -0.124. The Bertz CT molecular complexity index is 636. The molecule has 102 valence electrons. The summed E-state index contributed by atoms with van der Waals surface area (Å²) in [5, 5.41) is 0. The molecule has 0 radical (unpaired) electrons. The molecule has 0 unspecified atom stereocenters. The molecule has 1 heterocycles. The summed E-state index contributed by atoms with van der Waals surface area (Å²) < 4.78 is 0.